The van der Waals surface area contributed by atoms with E-state index >= 15 is 0 Å². The Morgan fingerprint density at radius 3 is 2.67 bits per heavy atom. The van der Waals surface area contributed by atoms with Gasteiger partial charge in [-0.3, -0.25) is 4.90 Å². The molecule has 0 bridgehead atoms. The zero-order valence-corrected chi connectivity index (χ0v) is 8.29. The van der Waals surface area contributed by atoms with Crippen molar-refractivity contribution in [2.24, 2.45) is 5.73 Å². The van der Waals surface area contributed by atoms with Crippen LogP contribution in [-0.2, 0) is 4.74 Å². The van der Waals surface area contributed by atoms with Crippen LogP contribution in [0.25, 0.3) is 0 Å². The summed E-state index contributed by atoms with van der Waals surface area (Å²) in [5, 5.41) is 0. The lowest BCUT2D eigenvalue weighted by molar-refractivity contribution is -0.0558. The first-order valence-corrected chi connectivity index (χ1v) is 4.78. The highest BCUT2D eigenvalue weighted by Crippen LogP contribution is 2.20. The van der Waals surface area contributed by atoms with Crippen LogP contribution in [0, 0.1) is 0 Å². The fourth-order valence-corrected chi connectivity index (χ4v) is 1.52. The van der Waals surface area contributed by atoms with E-state index in [0.717, 1.165) is 19.3 Å². The SMILES string of the molecule is CCC(C)N(C)C1CCC(N)O1. The van der Waals surface area contributed by atoms with Crippen molar-refractivity contribution in [1.82, 2.24) is 4.90 Å². The molecular weight excluding hydrogens is 152 g/mol. The third-order valence-electron chi connectivity index (χ3n) is 2.77. The second-order valence-corrected chi connectivity index (χ2v) is 3.63. The second kappa shape index (κ2) is 4.21. The van der Waals surface area contributed by atoms with Crippen LogP contribution >= 0.6 is 0 Å². The fraction of sp³-hybridized carbons (Fsp3) is 1.00. The number of hydrogen-bond donors (Lipinski definition) is 1. The third kappa shape index (κ3) is 2.19. The van der Waals surface area contributed by atoms with E-state index in [2.05, 4.69) is 25.8 Å². The fourth-order valence-electron chi connectivity index (χ4n) is 1.52. The minimum Gasteiger partial charge on any atom is -0.345 e. The highest BCUT2D eigenvalue weighted by atomic mass is 16.5. The van der Waals surface area contributed by atoms with Crippen molar-refractivity contribution >= 4 is 0 Å². The van der Waals surface area contributed by atoms with Gasteiger partial charge in [0.25, 0.3) is 0 Å². The quantitative estimate of drug-likeness (QED) is 0.693. The van der Waals surface area contributed by atoms with Crippen molar-refractivity contribution in [3.8, 4) is 0 Å². The maximum atomic E-state index is 5.66. The summed E-state index contributed by atoms with van der Waals surface area (Å²) in [6.07, 6.45) is 3.43. The number of rotatable bonds is 3. The lowest BCUT2D eigenvalue weighted by Gasteiger charge is -2.29. The van der Waals surface area contributed by atoms with Crippen LogP contribution in [0.2, 0.25) is 0 Å². The summed E-state index contributed by atoms with van der Waals surface area (Å²) < 4.78 is 5.55. The molecule has 3 atom stereocenters. The molecule has 3 unspecified atom stereocenters. The highest BCUT2D eigenvalue weighted by molar-refractivity contribution is 4.72. The summed E-state index contributed by atoms with van der Waals surface area (Å²) in [5.41, 5.74) is 5.66. The number of hydrogen-bond acceptors (Lipinski definition) is 3. The Balaban J connectivity index is 2.37. The molecule has 12 heavy (non-hydrogen) atoms. The van der Waals surface area contributed by atoms with Gasteiger partial charge >= 0.3 is 0 Å². The predicted molar refractivity (Wildman–Crippen MR) is 49.6 cm³/mol. The molecule has 72 valence electrons. The topological polar surface area (TPSA) is 38.5 Å². The molecule has 0 spiro atoms. The van der Waals surface area contributed by atoms with Gasteiger partial charge in [-0.05, 0) is 33.2 Å². The highest BCUT2D eigenvalue weighted by Gasteiger charge is 2.27. The van der Waals surface area contributed by atoms with Crippen molar-refractivity contribution in [3.05, 3.63) is 0 Å². The monoisotopic (exact) mass is 172 g/mol. The number of nitrogens with two attached hydrogens (primary N) is 1. The van der Waals surface area contributed by atoms with Gasteiger partial charge < -0.3 is 10.5 Å². The zero-order valence-electron chi connectivity index (χ0n) is 8.29. The second-order valence-electron chi connectivity index (χ2n) is 3.63. The summed E-state index contributed by atoms with van der Waals surface area (Å²) in [7, 11) is 2.11. The molecule has 1 saturated heterocycles. The van der Waals surface area contributed by atoms with Gasteiger partial charge in [0.1, 0.15) is 12.5 Å². The third-order valence-corrected chi connectivity index (χ3v) is 2.77. The first kappa shape index (κ1) is 9.96. The number of ether oxygens (including phenoxy) is 1. The molecule has 1 aliphatic rings. The van der Waals surface area contributed by atoms with E-state index in [4.69, 9.17) is 10.5 Å². The molecule has 1 fully saturated rings. The molecule has 3 nitrogen and oxygen atoms in total. The first-order valence-electron chi connectivity index (χ1n) is 4.78. The lowest BCUT2D eigenvalue weighted by atomic mass is 10.2. The molecule has 1 aliphatic heterocycles. The van der Waals surface area contributed by atoms with E-state index < -0.39 is 0 Å². The Bertz CT molecular complexity index is 140. The Morgan fingerprint density at radius 2 is 2.25 bits per heavy atom. The molecule has 0 aromatic heterocycles. The van der Waals surface area contributed by atoms with Crippen molar-refractivity contribution < 1.29 is 4.74 Å². The van der Waals surface area contributed by atoms with E-state index in [1.54, 1.807) is 0 Å². The van der Waals surface area contributed by atoms with Gasteiger partial charge in [-0.2, -0.15) is 0 Å². The average molecular weight is 172 g/mol. The summed E-state index contributed by atoms with van der Waals surface area (Å²) >= 11 is 0. The van der Waals surface area contributed by atoms with Crippen molar-refractivity contribution in [3.63, 3.8) is 0 Å². The van der Waals surface area contributed by atoms with Crippen LogP contribution in [0.1, 0.15) is 33.1 Å². The van der Waals surface area contributed by atoms with Crippen LogP contribution in [0.3, 0.4) is 0 Å². The molecule has 1 heterocycles. The van der Waals surface area contributed by atoms with Gasteiger partial charge in [-0.25, -0.2) is 0 Å². The van der Waals surface area contributed by atoms with Gasteiger partial charge in [-0.1, -0.05) is 6.92 Å². The van der Waals surface area contributed by atoms with E-state index in [0.29, 0.717) is 6.04 Å². The molecule has 0 aliphatic carbocycles. The molecule has 0 amide bonds. The van der Waals surface area contributed by atoms with Gasteiger partial charge in [-0.15, -0.1) is 0 Å². The molecule has 1 rings (SSSR count). The average Bonchev–Trinajstić information content (AvgIpc) is 2.49. The standard InChI is InChI=1S/C9H20N2O/c1-4-7(2)11(3)9-6-5-8(10)12-9/h7-9H,4-6,10H2,1-3H3. The van der Waals surface area contributed by atoms with Gasteiger partial charge in [0.05, 0.1) is 0 Å². The van der Waals surface area contributed by atoms with E-state index in [-0.39, 0.29) is 12.5 Å². The van der Waals surface area contributed by atoms with Crippen LogP contribution in [-0.4, -0.2) is 30.4 Å². The van der Waals surface area contributed by atoms with E-state index in [1.807, 2.05) is 0 Å². The molecule has 0 aromatic carbocycles. The maximum absolute atomic E-state index is 5.66. The largest absolute Gasteiger partial charge is 0.345 e. The summed E-state index contributed by atoms with van der Waals surface area (Å²) in [6, 6.07) is 0.584. The Hall–Kier alpha value is -0.120. The lowest BCUT2D eigenvalue weighted by Crippen LogP contribution is -2.39. The van der Waals surface area contributed by atoms with Crippen molar-refractivity contribution in [2.45, 2.75) is 51.6 Å². The zero-order chi connectivity index (χ0) is 9.14. The van der Waals surface area contributed by atoms with Crippen LogP contribution in [0.15, 0.2) is 0 Å². The minimum absolute atomic E-state index is 0.0403. The molecule has 0 saturated carbocycles. The summed E-state index contributed by atoms with van der Waals surface area (Å²) in [6.45, 7) is 4.41. The smallest absolute Gasteiger partial charge is 0.112 e. The Kier molecular flexibility index (Phi) is 3.50. The van der Waals surface area contributed by atoms with Gasteiger partial charge in [0.2, 0.25) is 0 Å². The Labute approximate surface area is 74.9 Å². The normalized spacial score (nSPS) is 32.8. The first-order chi connectivity index (χ1) is 5.65. The van der Waals surface area contributed by atoms with Gasteiger partial charge in [0.15, 0.2) is 0 Å². The summed E-state index contributed by atoms with van der Waals surface area (Å²) in [5.74, 6) is 0. The van der Waals surface area contributed by atoms with Crippen LogP contribution < -0.4 is 5.73 Å². The molecule has 2 N–H and O–H groups in total. The summed E-state index contributed by atoms with van der Waals surface area (Å²) in [4.78, 5) is 2.27. The van der Waals surface area contributed by atoms with Crippen LogP contribution in [0.4, 0.5) is 0 Å². The van der Waals surface area contributed by atoms with Crippen LogP contribution in [0.5, 0.6) is 0 Å². The van der Waals surface area contributed by atoms with Crippen molar-refractivity contribution in [2.75, 3.05) is 7.05 Å². The molecule has 0 radical (unpaired) electrons. The molecular formula is C9H20N2O. The molecule has 3 heteroatoms. The van der Waals surface area contributed by atoms with Gasteiger partial charge in [0, 0.05) is 6.04 Å². The van der Waals surface area contributed by atoms with Crippen molar-refractivity contribution in [1.29, 1.82) is 0 Å². The van der Waals surface area contributed by atoms with E-state index in [1.165, 1.54) is 0 Å². The Morgan fingerprint density at radius 1 is 1.58 bits per heavy atom. The maximum Gasteiger partial charge on any atom is 0.112 e. The van der Waals surface area contributed by atoms with E-state index in [9.17, 15) is 0 Å². The number of nitrogens with zero attached hydrogens (tertiary/aromatic N) is 1. The minimum atomic E-state index is -0.0403. The predicted octanol–water partition coefficient (Wildman–Crippen LogP) is 1.14. The molecule has 0 aromatic rings.